The van der Waals surface area contributed by atoms with Gasteiger partial charge in [0.25, 0.3) is 0 Å². The molecule has 3 saturated heterocycles. The zero-order valence-corrected chi connectivity index (χ0v) is 52.3. The number of carbonyl (C=O) groups is 5. The molecule has 454 valence electrons. The molecule has 8 heterocycles. The number of pyridine rings is 3. The molecule has 0 bridgehead atoms. The molecule has 19 nitrogen and oxygen atoms in total. The molecular formula is C65H79N11O8S2. The first-order valence-corrected chi connectivity index (χ1v) is 30.6. The number of nitrogens with zero attached hydrogens (tertiary/aromatic N) is 9. The van der Waals surface area contributed by atoms with Crippen molar-refractivity contribution in [1.29, 1.82) is 0 Å². The Balaban J connectivity index is 0.000000179. The van der Waals surface area contributed by atoms with Gasteiger partial charge >= 0.3 is 18.2 Å². The van der Waals surface area contributed by atoms with E-state index in [1.54, 1.807) is 59.5 Å². The first-order valence-electron chi connectivity index (χ1n) is 28.8. The van der Waals surface area contributed by atoms with E-state index in [1.807, 2.05) is 131 Å². The molecule has 0 aliphatic carbocycles. The SMILES string of the molecule is CN1CCN(c2ccc(C(=O)Cc3cc(-c4cccs4)ccc3NC(=O)OC(C)(C)C)nc2)CC1.CN1CCN(c2ccc(C(=O)Cc3cc(-c4cccs4)ccc3NC(=O)OC(C)(C)C)nc2)CC1.CN1CCN(c2ccc(C(=O)O)nc2)CC1. The number of thiophene rings is 2. The second kappa shape index (κ2) is 29.3. The summed E-state index contributed by atoms with van der Waals surface area (Å²) in [5.74, 6) is -1.19. The van der Waals surface area contributed by atoms with Crippen molar-refractivity contribution in [2.24, 2.45) is 0 Å². The number of likely N-dealkylation sites (N-methyl/N-ethyl adjacent to an activating group) is 3. The lowest BCUT2D eigenvalue weighted by Crippen LogP contribution is -2.44. The number of amides is 2. The number of hydrogen-bond donors (Lipinski definition) is 3. The van der Waals surface area contributed by atoms with Crippen molar-refractivity contribution in [2.75, 3.05) is 125 Å². The maximum Gasteiger partial charge on any atom is 0.412 e. The van der Waals surface area contributed by atoms with Crippen molar-refractivity contribution in [1.82, 2.24) is 29.7 Å². The molecule has 21 heteroatoms. The quantitative estimate of drug-likeness (QED) is 0.0866. The average Bonchev–Trinajstić information content (AvgIpc) is 3.03. The predicted molar refractivity (Wildman–Crippen MR) is 344 cm³/mol. The average molecular weight is 1210 g/mol. The minimum Gasteiger partial charge on any atom is -0.477 e. The molecule has 0 atom stereocenters. The number of ether oxygens (including phenoxy) is 2. The van der Waals surface area contributed by atoms with Gasteiger partial charge in [-0.25, -0.2) is 19.4 Å². The zero-order chi connectivity index (χ0) is 61.5. The van der Waals surface area contributed by atoms with Crippen molar-refractivity contribution in [3.63, 3.8) is 0 Å². The second-order valence-corrected chi connectivity index (χ2v) is 25.4. The molecule has 3 aliphatic rings. The number of benzene rings is 2. The fraction of sp³-hybridized carbons (Fsp3) is 0.385. The summed E-state index contributed by atoms with van der Waals surface area (Å²) in [5, 5.41) is 18.4. The number of carboxylic acid groups (broad SMARTS) is 1. The molecule has 2 amide bonds. The third-order valence-corrected chi connectivity index (χ3v) is 16.3. The van der Waals surface area contributed by atoms with Crippen LogP contribution < -0.4 is 25.3 Å². The van der Waals surface area contributed by atoms with Gasteiger partial charge in [-0.05, 0) is 168 Å². The monoisotopic (exact) mass is 1210 g/mol. The molecule has 0 spiro atoms. The van der Waals surface area contributed by atoms with Crippen LogP contribution in [0.3, 0.4) is 0 Å². The van der Waals surface area contributed by atoms with E-state index in [9.17, 15) is 24.0 Å². The van der Waals surface area contributed by atoms with Crippen LogP contribution in [-0.2, 0) is 22.3 Å². The number of nitrogens with one attached hydrogen (secondary N) is 2. The molecule has 2 aromatic carbocycles. The van der Waals surface area contributed by atoms with Crippen molar-refractivity contribution in [3.8, 4) is 20.9 Å². The highest BCUT2D eigenvalue weighted by atomic mass is 32.1. The lowest BCUT2D eigenvalue weighted by atomic mass is 10.0. The molecular weight excluding hydrogens is 1130 g/mol. The fourth-order valence-electron chi connectivity index (χ4n) is 9.64. The lowest BCUT2D eigenvalue weighted by Gasteiger charge is -2.33. The Morgan fingerprint density at radius 3 is 1.09 bits per heavy atom. The van der Waals surface area contributed by atoms with Crippen molar-refractivity contribution in [3.05, 3.63) is 155 Å². The van der Waals surface area contributed by atoms with Crippen LogP contribution in [0.1, 0.15) is 84.1 Å². The highest BCUT2D eigenvalue weighted by Gasteiger charge is 2.24. The second-order valence-electron chi connectivity index (χ2n) is 23.5. The van der Waals surface area contributed by atoms with Gasteiger partial charge in [-0.15, -0.1) is 22.7 Å². The molecule has 3 aliphatic heterocycles. The summed E-state index contributed by atoms with van der Waals surface area (Å²) in [7, 11) is 6.34. The molecule has 5 aromatic heterocycles. The standard InChI is InChI=1S/2C27H32N4O3S.C11H15N3O2/c2*1-27(2,3)34-26(33)29-22-9-7-19(25-6-5-15-35-25)16-20(22)17-24(32)23-10-8-21(18-28-23)31-13-11-30(4)12-14-31;1-13-4-6-14(7-5-13)9-2-3-10(11(15)16)12-8-9/h2*5-10,15-16,18H,11-14,17H2,1-4H3,(H,29,33);2-3,8H,4-7H2,1H3,(H,15,16). The lowest BCUT2D eigenvalue weighted by molar-refractivity contribution is 0.0624. The third-order valence-electron chi connectivity index (χ3n) is 14.4. The van der Waals surface area contributed by atoms with E-state index >= 15 is 0 Å². The van der Waals surface area contributed by atoms with Crippen LogP contribution in [0.2, 0.25) is 0 Å². The molecule has 86 heavy (non-hydrogen) atoms. The minimum absolute atomic E-state index is 0.0953. The number of carbonyl (C=O) groups excluding carboxylic acids is 4. The number of aromatic carboxylic acids is 1. The Labute approximate surface area is 512 Å². The number of carboxylic acids is 1. The number of Topliss-reactive ketones (excluding diaryl/α,β-unsaturated/α-hetero) is 2. The number of aromatic nitrogens is 3. The Bertz CT molecular complexity index is 3180. The maximum atomic E-state index is 13.2. The van der Waals surface area contributed by atoms with Crippen LogP contribution in [0.15, 0.2) is 126 Å². The van der Waals surface area contributed by atoms with Gasteiger partial charge in [0.15, 0.2) is 11.6 Å². The van der Waals surface area contributed by atoms with Gasteiger partial charge in [-0.1, -0.05) is 24.3 Å². The Morgan fingerprint density at radius 1 is 0.477 bits per heavy atom. The normalized spacial score (nSPS) is 15.1. The summed E-state index contributed by atoms with van der Waals surface area (Å²) in [5.41, 5.74) is 7.28. The van der Waals surface area contributed by atoms with E-state index in [0.717, 1.165) is 128 Å². The topological polar surface area (TPSA) is 206 Å². The Hall–Kier alpha value is -8.08. The first kappa shape index (κ1) is 63.9. The maximum absolute atomic E-state index is 13.2. The number of piperazine rings is 3. The van der Waals surface area contributed by atoms with Crippen LogP contribution in [-0.4, -0.2) is 175 Å². The van der Waals surface area contributed by atoms with Crippen LogP contribution >= 0.6 is 22.7 Å². The number of ketones is 2. The molecule has 0 radical (unpaired) electrons. The summed E-state index contributed by atoms with van der Waals surface area (Å²) in [6, 6.07) is 30.4. The van der Waals surface area contributed by atoms with Gasteiger partial charge in [-0.2, -0.15) is 0 Å². The van der Waals surface area contributed by atoms with Crippen molar-refractivity contribution >= 4 is 80.8 Å². The molecule has 3 fully saturated rings. The first-order chi connectivity index (χ1) is 41.0. The number of anilines is 5. The Kier molecular flexibility index (Phi) is 21.8. The van der Waals surface area contributed by atoms with Crippen LogP contribution in [0, 0.1) is 0 Å². The van der Waals surface area contributed by atoms with E-state index < -0.39 is 29.4 Å². The van der Waals surface area contributed by atoms with Crippen LogP contribution in [0.4, 0.5) is 38.0 Å². The van der Waals surface area contributed by atoms with Crippen molar-refractivity contribution < 1.29 is 38.6 Å². The molecule has 3 N–H and O–H groups in total. The Morgan fingerprint density at radius 2 is 0.814 bits per heavy atom. The van der Waals surface area contributed by atoms with Crippen LogP contribution in [0.25, 0.3) is 20.9 Å². The van der Waals surface area contributed by atoms with E-state index in [0.29, 0.717) is 22.8 Å². The van der Waals surface area contributed by atoms with Gasteiger partial charge in [0.05, 0.1) is 35.7 Å². The van der Waals surface area contributed by atoms with Gasteiger partial charge < -0.3 is 44.0 Å². The smallest absolute Gasteiger partial charge is 0.412 e. The van der Waals surface area contributed by atoms with Gasteiger partial charge in [-0.3, -0.25) is 30.2 Å². The minimum atomic E-state index is -0.982. The van der Waals surface area contributed by atoms with Gasteiger partial charge in [0.2, 0.25) is 0 Å². The highest BCUT2D eigenvalue weighted by molar-refractivity contribution is 7.13. The summed E-state index contributed by atoms with van der Waals surface area (Å²) in [4.78, 5) is 90.6. The van der Waals surface area contributed by atoms with E-state index in [1.165, 1.54) is 0 Å². The molecule has 0 unspecified atom stereocenters. The summed E-state index contributed by atoms with van der Waals surface area (Å²) in [6.07, 6.45) is 4.32. The van der Waals surface area contributed by atoms with Crippen LogP contribution in [0.5, 0.6) is 0 Å². The van der Waals surface area contributed by atoms with Crippen molar-refractivity contribution in [2.45, 2.75) is 65.6 Å². The highest BCUT2D eigenvalue weighted by Crippen LogP contribution is 2.32. The predicted octanol–water partition coefficient (Wildman–Crippen LogP) is 11.2. The van der Waals surface area contributed by atoms with E-state index in [2.05, 4.69) is 76.1 Å². The summed E-state index contributed by atoms with van der Waals surface area (Å²) in [6.45, 7) is 22.7. The summed E-state index contributed by atoms with van der Waals surface area (Å²) >= 11 is 3.25. The summed E-state index contributed by atoms with van der Waals surface area (Å²) < 4.78 is 10.8. The number of hydrogen-bond acceptors (Lipinski definition) is 18. The third kappa shape index (κ3) is 19.0. The molecule has 7 aromatic rings. The fourth-order valence-corrected chi connectivity index (χ4v) is 11.1. The largest absolute Gasteiger partial charge is 0.477 e. The molecule has 0 saturated carbocycles. The van der Waals surface area contributed by atoms with Gasteiger partial charge in [0, 0.05) is 113 Å². The van der Waals surface area contributed by atoms with E-state index in [-0.39, 0.29) is 30.1 Å². The zero-order valence-electron chi connectivity index (χ0n) is 50.7. The van der Waals surface area contributed by atoms with Gasteiger partial charge in [0.1, 0.15) is 28.3 Å². The van der Waals surface area contributed by atoms with E-state index in [4.69, 9.17) is 14.6 Å². The number of rotatable bonds is 14. The molecule has 10 rings (SSSR count).